The number of hydrogen-bond acceptors (Lipinski definition) is 3. The van der Waals surface area contributed by atoms with E-state index < -0.39 is 5.97 Å². The zero-order valence-corrected chi connectivity index (χ0v) is 12.0. The van der Waals surface area contributed by atoms with E-state index in [1.165, 1.54) is 0 Å². The van der Waals surface area contributed by atoms with E-state index in [9.17, 15) is 9.59 Å². The van der Waals surface area contributed by atoms with Crippen molar-refractivity contribution >= 4 is 12.0 Å². The molecule has 0 unspecified atom stereocenters. The van der Waals surface area contributed by atoms with Crippen LogP contribution in [0, 0.1) is 5.92 Å². The zero-order valence-electron chi connectivity index (χ0n) is 12.0. The molecular formula is C15H21N3O3. The minimum absolute atomic E-state index is 0.0697. The summed E-state index contributed by atoms with van der Waals surface area (Å²) in [6.07, 6.45) is 4.18. The Morgan fingerprint density at radius 3 is 2.71 bits per heavy atom. The highest BCUT2D eigenvalue weighted by Gasteiger charge is 2.23. The Labute approximate surface area is 124 Å². The molecule has 1 aliphatic heterocycles. The molecular weight excluding hydrogens is 270 g/mol. The van der Waals surface area contributed by atoms with Crippen molar-refractivity contribution in [2.24, 2.45) is 5.92 Å². The summed E-state index contributed by atoms with van der Waals surface area (Å²) in [7, 11) is 0. The van der Waals surface area contributed by atoms with Gasteiger partial charge in [-0.1, -0.05) is 6.07 Å². The van der Waals surface area contributed by atoms with E-state index in [4.69, 9.17) is 5.11 Å². The summed E-state index contributed by atoms with van der Waals surface area (Å²) in [5.74, 6) is -0.562. The molecule has 0 aliphatic carbocycles. The molecule has 1 aromatic heterocycles. The van der Waals surface area contributed by atoms with E-state index in [1.807, 2.05) is 18.2 Å². The van der Waals surface area contributed by atoms with E-state index in [0.717, 1.165) is 18.5 Å². The fourth-order valence-corrected chi connectivity index (χ4v) is 2.54. The number of aromatic nitrogens is 1. The van der Waals surface area contributed by atoms with Gasteiger partial charge >= 0.3 is 12.0 Å². The Morgan fingerprint density at radius 1 is 1.33 bits per heavy atom. The predicted octanol–water partition coefficient (Wildman–Crippen LogP) is 1.52. The van der Waals surface area contributed by atoms with Gasteiger partial charge in [0.25, 0.3) is 0 Å². The third kappa shape index (κ3) is 5.06. The van der Waals surface area contributed by atoms with Crippen LogP contribution >= 0.6 is 0 Å². The van der Waals surface area contributed by atoms with Crippen molar-refractivity contribution in [1.29, 1.82) is 0 Å². The monoisotopic (exact) mass is 291 g/mol. The highest BCUT2D eigenvalue weighted by atomic mass is 16.4. The first-order chi connectivity index (χ1) is 10.1. The van der Waals surface area contributed by atoms with Gasteiger partial charge in [0.1, 0.15) is 0 Å². The number of hydrogen-bond donors (Lipinski definition) is 2. The molecule has 6 heteroatoms. The van der Waals surface area contributed by atoms with Crippen LogP contribution in [0.5, 0.6) is 0 Å². The van der Waals surface area contributed by atoms with Crippen molar-refractivity contribution in [2.75, 3.05) is 19.6 Å². The van der Waals surface area contributed by atoms with Crippen LogP contribution in [0.25, 0.3) is 0 Å². The number of pyridine rings is 1. The Balaban J connectivity index is 1.67. The number of piperidine rings is 1. The van der Waals surface area contributed by atoms with E-state index >= 15 is 0 Å². The van der Waals surface area contributed by atoms with Crippen molar-refractivity contribution in [1.82, 2.24) is 15.2 Å². The molecule has 2 amide bonds. The van der Waals surface area contributed by atoms with Crippen LogP contribution < -0.4 is 5.32 Å². The summed E-state index contributed by atoms with van der Waals surface area (Å²) in [5.41, 5.74) is 0.956. The molecule has 1 saturated heterocycles. The van der Waals surface area contributed by atoms with Crippen molar-refractivity contribution < 1.29 is 14.7 Å². The molecule has 0 atom stereocenters. The first-order valence-electron chi connectivity index (χ1n) is 7.29. The molecule has 2 heterocycles. The van der Waals surface area contributed by atoms with Crippen LogP contribution in [-0.2, 0) is 11.2 Å². The SMILES string of the molecule is O=C(O)CC1CCN(C(=O)NCCc2ccccn2)CC1. The van der Waals surface area contributed by atoms with Crippen LogP contribution in [0.3, 0.4) is 0 Å². The average molecular weight is 291 g/mol. The Hall–Kier alpha value is -2.11. The van der Waals surface area contributed by atoms with Gasteiger partial charge in [0, 0.05) is 44.4 Å². The van der Waals surface area contributed by atoms with Gasteiger partial charge in [-0.25, -0.2) is 4.79 Å². The van der Waals surface area contributed by atoms with Gasteiger partial charge in [-0.2, -0.15) is 0 Å². The second-order valence-corrected chi connectivity index (χ2v) is 5.33. The third-order valence-corrected chi connectivity index (χ3v) is 3.75. The van der Waals surface area contributed by atoms with Crippen molar-refractivity contribution in [3.8, 4) is 0 Å². The number of nitrogens with zero attached hydrogens (tertiary/aromatic N) is 2. The molecule has 0 aromatic carbocycles. The van der Waals surface area contributed by atoms with Gasteiger partial charge in [-0.3, -0.25) is 9.78 Å². The maximum Gasteiger partial charge on any atom is 0.317 e. The summed E-state index contributed by atoms with van der Waals surface area (Å²) in [5, 5.41) is 11.7. The topological polar surface area (TPSA) is 82.5 Å². The summed E-state index contributed by atoms with van der Waals surface area (Å²) in [6, 6.07) is 5.66. The first kappa shape index (κ1) is 15.3. The van der Waals surface area contributed by atoms with Crippen LogP contribution in [0.1, 0.15) is 25.0 Å². The Bertz CT molecular complexity index is 470. The lowest BCUT2D eigenvalue weighted by atomic mass is 9.94. The lowest BCUT2D eigenvalue weighted by Gasteiger charge is -2.31. The van der Waals surface area contributed by atoms with Gasteiger partial charge in [0.2, 0.25) is 0 Å². The number of carboxylic acids is 1. The second-order valence-electron chi connectivity index (χ2n) is 5.33. The minimum Gasteiger partial charge on any atom is -0.481 e. The van der Waals surface area contributed by atoms with Crippen molar-refractivity contribution in [3.63, 3.8) is 0 Å². The standard InChI is InChI=1S/C15H21N3O3/c19-14(20)11-12-5-9-18(10-6-12)15(21)17-8-4-13-3-1-2-7-16-13/h1-3,7,12H,4-6,8-11H2,(H,17,21)(H,19,20). The molecule has 0 radical (unpaired) electrons. The summed E-state index contributed by atoms with van der Waals surface area (Å²) in [6.45, 7) is 1.83. The number of amides is 2. The largest absolute Gasteiger partial charge is 0.481 e. The lowest BCUT2D eigenvalue weighted by Crippen LogP contribution is -2.45. The van der Waals surface area contributed by atoms with E-state index in [2.05, 4.69) is 10.3 Å². The van der Waals surface area contributed by atoms with Crippen LogP contribution in [0.4, 0.5) is 4.79 Å². The van der Waals surface area contributed by atoms with E-state index in [1.54, 1.807) is 11.1 Å². The van der Waals surface area contributed by atoms with Gasteiger partial charge in [-0.15, -0.1) is 0 Å². The maximum absolute atomic E-state index is 12.0. The summed E-state index contributed by atoms with van der Waals surface area (Å²) in [4.78, 5) is 28.6. The molecule has 2 rings (SSSR count). The smallest absolute Gasteiger partial charge is 0.317 e. The van der Waals surface area contributed by atoms with Gasteiger partial charge in [0.15, 0.2) is 0 Å². The number of likely N-dealkylation sites (tertiary alicyclic amines) is 1. The molecule has 1 aliphatic rings. The van der Waals surface area contributed by atoms with Crippen molar-refractivity contribution in [2.45, 2.75) is 25.7 Å². The molecule has 114 valence electrons. The first-order valence-corrected chi connectivity index (χ1v) is 7.29. The number of aliphatic carboxylic acids is 1. The number of nitrogens with one attached hydrogen (secondary N) is 1. The number of carbonyl (C=O) groups is 2. The molecule has 0 spiro atoms. The van der Waals surface area contributed by atoms with Gasteiger partial charge in [-0.05, 0) is 30.9 Å². The van der Waals surface area contributed by atoms with Gasteiger partial charge < -0.3 is 15.3 Å². The lowest BCUT2D eigenvalue weighted by molar-refractivity contribution is -0.138. The Kier molecular flexibility index (Phi) is 5.54. The molecule has 0 saturated carbocycles. The normalized spacial score (nSPS) is 15.7. The second kappa shape index (κ2) is 7.61. The number of carbonyl (C=O) groups excluding carboxylic acids is 1. The maximum atomic E-state index is 12.0. The molecule has 21 heavy (non-hydrogen) atoms. The van der Waals surface area contributed by atoms with Crippen LogP contribution in [0.2, 0.25) is 0 Å². The fourth-order valence-electron chi connectivity index (χ4n) is 2.54. The minimum atomic E-state index is -0.756. The molecule has 0 bridgehead atoms. The molecule has 1 aromatic rings. The summed E-state index contributed by atoms with van der Waals surface area (Å²) >= 11 is 0. The number of rotatable bonds is 5. The van der Waals surface area contributed by atoms with Crippen LogP contribution in [0.15, 0.2) is 24.4 Å². The fraction of sp³-hybridized carbons (Fsp3) is 0.533. The van der Waals surface area contributed by atoms with Gasteiger partial charge in [0.05, 0.1) is 0 Å². The molecule has 6 nitrogen and oxygen atoms in total. The highest BCUT2D eigenvalue weighted by molar-refractivity contribution is 5.74. The number of urea groups is 1. The van der Waals surface area contributed by atoms with Crippen molar-refractivity contribution in [3.05, 3.63) is 30.1 Å². The number of carboxylic acid groups (broad SMARTS) is 1. The average Bonchev–Trinajstić information content (AvgIpc) is 2.48. The van der Waals surface area contributed by atoms with Crippen LogP contribution in [-0.4, -0.2) is 46.6 Å². The quantitative estimate of drug-likeness (QED) is 0.861. The van der Waals surface area contributed by atoms with E-state index in [0.29, 0.717) is 26.1 Å². The molecule has 1 fully saturated rings. The predicted molar refractivity (Wildman–Crippen MR) is 77.9 cm³/mol. The Morgan fingerprint density at radius 2 is 2.10 bits per heavy atom. The highest BCUT2D eigenvalue weighted by Crippen LogP contribution is 2.20. The summed E-state index contributed by atoms with van der Waals surface area (Å²) < 4.78 is 0. The van der Waals surface area contributed by atoms with E-state index in [-0.39, 0.29) is 18.4 Å². The zero-order chi connectivity index (χ0) is 15.1. The third-order valence-electron chi connectivity index (χ3n) is 3.75. The molecule has 2 N–H and O–H groups in total.